The predicted molar refractivity (Wildman–Crippen MR) is 169 cm³/mol. The lowest BCUT2D eigenvalue weighted by Crippen LogP contribution is -2.10. The minimum atomic E-state index is 0.127. The van der Waals surface area contributed by atoms with E-state index < -0.39 is 0 Å². The summed E-state index contributed by atoms with van der Waals surface area (Å²) in [5, 5.41) is 15.9. The Hall–Kier alpha value is -3.90. The zero-order chi connectivity index (χ0) is 26.4. The van der Waals surface area contributed by atoms with E-state index in [4.69, 9.17) is 0 Å². The Kier molecular flexibility index (Phi) is 4.77. The van der Waals surface area contributed by atoms with Crippen LogP contribution in [-0.4, -0.2) is 0 Å². The van der Waals surface area contributed by atoms with Crippen molar-refractivity contribution in [3.05, 3.63) is 108 Å². The maximum Gasteiger partial charge on any atom is -0.00987 e. The van der Waals surface area contributed by atoms with Gasteiger partial charge in [0.15, 0.2) is 0 Å². The third-order valence-corrected chi connectivity index (χ3v) is 8.56. The lowest BCUT2D eigenvalue weighted by atomic mass is 9.84. The van der Waals surface area contributed by atoms with Crippen molar-refractivity contribution in [3.63, 3.8) is 0 Å². The Labute approximate surface area is 224 Å². The minimum Gasteiger partial charge on any atom is -0.0579 e. The lowest BCUT2D eigenvalue weighted by molar-refractivity contribution is 0.591. The van der Waals surface area contributed by atoms with Gasteiger partial charge in [0.25, 0.3) is 0 Å². The highest BCUT2D eigenvalue weighted by atomic mass is 14.2. The Balaban J connectivity index is 1.51. The summed E-state index contributed by atoms with van der Waals surface area (Å²) in [4.78, 5) is 0. The van der Waals surface area contributed by atoms with E-state index in [-0.39, 0.29) is 10.8 Å². The van der Waals surface area contributed by atoms with Crippen molar-refractivity contribution in [2.24, 2.45) is 0 Å². The molecule has 0 radical (unpaired) electrons. The summed E-state index contributed by atoms with van der Waals surface area (Å²) in [6.45, 7) is 13.7. The summed E-state index contributed by atoms with van der Waals surface area (Å²) in [6, 6.07) is 37.1. The fourth-order valence-electron chi connectivity index (χ4n) is 6.25. The van der Waals surface area contributed by atoms with Crippen molar-refractivity contribution in [1.82, 2.24) is 0 Å². The molecular weight excluding hydrogens is 456 g/mol. The molecule has 0 N–H and O–H groups in total. The second kappa shape index (κ2) is 7.81. The van der Waals surface area contributed by atoms with E-state index in [0.717, 1.165) is 0 Å². The predicted octanol–water partition coefficient (Wildman–Crippen LogP) is 11.2. The first-order valence-corrected chi connectivity index (χ1v) is 13.8. The van der Waals surface area contributed by atoms with Crippen LogP contribution in [-0.2, 0) is 10.8 Å². The Morgan fingerprint density at radius 3 is 0.816 bits per heavy atom. The zero-order valence-electron chi connectivity index (χ0n) is 23.2. The highest BCUT2D eigenvalue weighted by molar-refractivity contribution is 6.26. The second-order valence-corrected chi connectivity index (χ2v) is 13.1. The van der Waals surface area contributed by atoms with Gasteiger partial charge in [-0.15, -0.1) is 0 Å². The van der Waals surface area contributed by atoms with Gasteiger partial charge in [0.2, 0.25) is 0 Å². The maximum absolute atomic E-state index is 2.40. The van der Waals surface area contributed by atoms with Crippen LogP contribution < -0.4 is 0 Å². The molecule has 0 nitrogen and oxygen atoms in total. The van der Waals surface area contributed by atoms with E-state index in [9.17, 15) is 0 Å². The van der Waals surface area contributed by atoms with Crippen LogP contribution in [0.4, 0.5) is 0 Å². The molecule has 7 rings (SSSR count). The molecule has 38 heavy (non-hydrogen) atoms. The first kappa shape index (κ1) is 23.2. The first-order valence-electron chi connectivity index (χ1n) is 13.8. The largest absolute Gasteiger partial charge is 0.0579 e. The number of hydrogen-bond acceptors (Lipinski definition) is 0. The fraction of sp³-hybridized carbons (Fsp3) is 0.211. The van der Waals surface area contributed by atoms with Crippen LogP contribution in [0.2, 0.25) is 0 Å². The molecule has 0 saturated heterocycles. The van der Waals surface area contributed by atoms with Crippen molar-refractivity contribution in [2.45, 2.75) is 52.4 Å². The van der Waals surface area contributed by atoms with Crippen LogP contribution in [0.25, 0.3) is 64.6 Å². The molecule has 0 aliphatic rings. The Morgan fingerprint density at radius 2 is 0.526 bits per heavy atom. The summed E-state index contributed by atoms with van der Waals surface area (Å²) in [6.07, 6.45) is 0. The average Bonchev–Trinajstić information content (AvgIpc) is 2.90. The van der Waals surface area contributed by atoms with Gasteiger partial charge in [0, 0.05) is 0 Å². The van der Waals surface area contributed by atoms with E-state index in [2.05, 4.69) is 139 Å². The second-order valence-electron chi connectivity index (χ2n) is 13.1. The molecule has 7 aromatic carbocycles. The van der Waals surface area contributed by atoms with Crippen molar-refractivity contribution < 1.29 is 0 Å². The molecule has 0 bridgehead atoms. The summed E-state index contributed by atoms with van der Waals surface area (Å²) >= 11 is 0. The molecule has 0 aliphatic heterocycles. The number of fused-ring (bicyclic) bond motifs is 11. The summed E-state index contributed by atoms with van der Waals surface area (Å²) < 4.78 is 0. The smallest absolute Gasteiger partial charge is 0.00987 e. The van der Waals surface area contributed by atoms with Crippen molar-refractivity contribution >= 4 is 64.6 Å². The molecule has 0 heterocycles. The van der Waals surface area contributed by atoms with Gasteiger partial charge >= 0.3 is 0 Å². The number of rotatable bonds is 0. The monoisotopic (exact) mass is 490 g/mol. The van der Waals surface area contributed by atoms with Crippen LogP contribution in [0.1, 0.15) is 52.7 Å². The van der Waals surface area contributed by atoms with Gasteiger partial charge in [-0.2, -0.15) is 0 Å². The molecule has 0 amide bonds. The van der Waals surface area contributed by atoms with Gasteiger partial charge in [-0.1, -0.05) is 139 Å². The standard InChI is InChI=1S/C38H34/c1-37(2,3)25-11-7-23-9-13-27-29-15-16-30-28-14-10-24-8-12-26(38(4,5)6)22-36(24)34(28)20-18-32(30)31(29)17-19-33(27)35(23)21-25/h7-22H,1-6H3. The van der Waals surface area contributed by atoms with Crippen LogP contribution in [0, 0.1) is 0 Å². The highest BCUT2D eigenvalue weighted by Crippen LogP contribution is 2.39. The van der Waals surface area contributed by atoms with Gasteiger partial charge in [-0.05, 0) is 86.6 Å². The summed E-state index contributed by atoms with van der Waals surface area (Å²) in [5.74, 6) is 0. The minimum absolute atomic E-state index is 0.127. The quantitative estimate of drug-likeness (QED) is 0.185. The van der Waals surface area contributed by atoms with Gasteiger partial charge < -0.3 is 0 Å². The molecular formula is C38H34. The third kappa shape index (κ3) is 3.43. The molecule has 0 aliphatic carbocycles. The summed E-state index contributed by atoms with van der Waals surface area (Å²) in [5.41, 5.74) is 3.01. The van der Waals surface area contributed by atoms with Crippen LogP contribution >= 0.6 is 0 Å². The molecule has 0 atom stereocenters. The average molecular weight is 491 g/mol. The molecule has 0 fully saturated rings. The molecule has 0 unspecified atom stereocenters. The molecule has 7 aromatic rings. The van der Waals surface area contributed by atoms with E-state index in [1.807, 2.05) is 0 Å². The topological polar surface area (TPSA) is 0 Å². The number of hydrogen-bond donors (Lipinski definition) is 0. The Bertz CT molecular complexity index is 1920. The fourth-order valence-corrected chi connectivity index (χ4v) is 6.25. The van der Waals surface area contributed by atoms with Gasteiger partial charge in [-0.25, -0.2) is 0 Å². The SMILES string of the molecule is CC(C)(C)c1ccc2ccc3c(ccc4c3ccc3c5ccc6ccc(C(C)(C)C)cc6c5ccc34)c2c1. The van der Waals surface area contributed by atoms with Crippen LogP contribution in [0.5, 0.6) is 0 Å². The lowest BCUT2D eigenvalue weighted by Gasteiger charge is -2.20. The van der Waals surface area contributed by atoms with Crippen LogP contribution in [0.15, 0.2) is 97.1 Å². The van der Waals surface area contributed by atoms with Crippen molar-refractivity contribution in [2.75, 3.05) is 0 Å². The first-order chi connectivity index (χ1) is 18.1. The van der Waals surface area contributed by atoms with Crippen molar-refractivity contribution in [3.8, 4) is 0 Å². The zero-order valence-corrected chi connectivity index (χ0v) is 23.2. The van der Waals surface area contributed by atoms with E-state index >= 15 is 0 Å². The van der Waals surface area contributed by atoms with E-state index in [0.29, 0.717) is 0 Å². The van der Waals surface area contributed by atoms with Gasteiger partial charge in [0.05, 0.1) is 0 Å². The number of benzene rings is 7. The van der Waals surface area contributed by atoms with E-state index in [1.54, 1.807) is 0 Å². The summed E-state index contributed by atoms with van der Waals surface area (Å²) in [7, 11) is 0. The highest BCUT2D eigenvalue weighted by Gasteiger charge is 2.17. The maximum atomic E-state index is 2.40. The molecule has 0 heteroatoms. The van der Waals surface area contributed by atoms with Crippen molar-refractivity contribution in [1.29, 1.82) is 0 Å². The molecule has 186 valence electrons. The van der Waals surface area contributed by atoms with Crippen LogP contribution in [0.3, 0.4) is 0 Å². The Morgan fingerprint density at radius 1 is 0.289 bits per heavy atom. The molecule has 0 saturated carbocycles. The molecule has 0 spiro atoms. The normalized spacial score (nSPS) is 13.0. The van der Waals surface area contributed by atoms with Gasteiger partial charge in [0.1, 0.15) is 0 Å². The molecule has 0 aromatic heterocycles. The van der Waals surface area contributed by atoms with E-state index in [1.165, 1.54) is 75.8 Å². The third-order valence-electron chi connectivity index (χ3n) is 8.56. The van der Waals surface area contributed by atoms with Gasteiger partial charge in [-0.3, -0.25) is 0 Å².